The topological polar surface area (TPSA) is 58.6 Å². The average Bonchev–Trinajstić information content (AvgIpc) is 2.20. The molecule has 0 aliphatic carbocycles. The Labute approximate surface area is 92.8 Å². The predicted molar refractivity (Wildman–Crippen MR) is 58.2 cm³/mol. The van der Waals surface area contributed by atoms with E-state index in [0.717, 1.165) is 0 Å². The summed E-state index contributed by atoms with van der Waals surface area (Å²) in [5.41, 5.74) is 0.530. The van der Waals surface area contributed by atoms with Gasteiger partial charge in [0.1, 0.15) is 12.4 Å². The van der Waals surface area contributed by atoms with Crippen LogP contribution in [0.15, 0.2) is 18.2 Å². The standard InChI is InChI=1S/C10H12ClNO3/c1-2-15-6-10(14)12-7-3-4-9(13)8(11)5-7/h3-5,13H,2,6H2,1H3,(H,12,14). The van der Waals surface area contributed by atoms with Crippen molar-refractivity contribution < 1.29 is 14.6 Å². The summed E-state index contributed by atoms with van der Waals surface area (Å²) in [5, 5.41) is 11.9. The minimum absolute atomic E-state index is 0.00892. The summed E-state index contributed by atoms with van der Waals surface area (Å²) in [6, 6.07) is 4.45. The summed E-state index contributed by atoms with van der Waals surface area (Å²) in [7, 11) is 0. The molecule has 0 saturated heterocycles. The highest BCUT2D eigenvalue weighted by Crippen LogP contribution is 2.25. The number of nitrogens with one attached hydrogen (secondary N) is 1. The van der Waals surface area contributed by atoms with Crippen molar-refractivity contribution in [3.05, 3.63) is 23.2 Å². The average molecular weight is 230 g/mol. The van der Waals surface area contributed by atoms with Crippen LogP contribution < -0.4 is 5.32 Å². The monoisotopic (exact) mass is 229 g/mol. The van der Waals surface area contributed by atoms with Gasteiger partial charge in [-0.05, 0) is 25.1 Å². The summed E-state index contributed by atoms with van der Waals surface area (Å²) < 4.78 is 4.93. The second-order valence-corrected chi connectivity index (χ2v) is 3.26. The summed E-state index contributed by atoms with van der Waals surface area (Å²) in [5.74, 6) is -0.266. The summed E-state index contributed by atoms with van der Waals surface area (Å²) in [6.07, 6.45) is 0. The van der Waals surface area contributed by atoms with Crippen LogP contribution in [0.4, 0.5) is 5.69 Å². The highest BCUT2D eigenvalue weighted by molar-refractivity contribution is 6.32. The van der Waals surface area contributed by atoms with Gasteiger partial charge in [-0.3, -0.25) is 4.79 Å². The quantitative estimate of drug-likeness (QED) is 0.777. The second-order valence-electron chi connectivity index (χ2n) is 2.85. The van der Waals surface area contributed by atoms with Crippen molar-refractivity contribution in [2.45, 2.75) is 6.92 Å². The van der Waals surface area contributed by atoms with Gasteiger partial charge in [-0.2, -0.15) is 0 Å². The lowest BCUT2D eigenvalue weighted by Crippen LogP contribution is -2.18. The molecule has 0 heterocycles. The Bertz CT molecular complexity index is 355. The van der Waals surface area contributed by atoms with Crippen LogP contribution in [0.25, 0.3) is 0 Å². The van der Waals surface area contributed by atoms with Crippen molar-refractivity contribution >= 4 is 23.2 Å². The molecule has 0 aliphatic rings. The molecule has 4 nitrogen and oxygen atoms in total. The molecule has 0 radical (unpaired) electrons. The molecule has 0 atom stereocenters. The molecule has 1 aromatic rings. The van der Waals surface area contributed by atoms with Crippen LogP contribution in [-0.4, -0.2) is 24.2 Å². The third kappa shape index (κ3) is 3.77. The number of rotatable bonds is 4. The number of carbonyl (C=O) groups is 1. The van der Waals surface area contributed by atoms with E-state index in [2.05, 4.69) is 5.32 Å². The molecule has 0 aromatic heterocycles. The maximum atomic E-state index is 11.2. The number of amides is 1. The number of phenols is 1. The smallest absolute Gasteiger partial charge is 0.250 e. The Kier molecular flexibility index (Phi) is 4.39. The molecule has 15 heavy (non-hydrogen) atoms. The van der Waals surface area contributed by atoms with Crippen molar-refractivity contribution in [1.82, 2.24) is 0 Å². The molecule has 5 heteroatoms. The lowest BCUT2D eigenvalue weighted by atomic mass is 10.3. The molecular weight excluding hydrogens is 218 g/mol. The Balaban J connectivity index is 2.57. The Morgan fingerprint density at radius 1 is 1.60 bits per heavy atom. The van der Waals surface area contributed by atoms with Gasteiger partial charge >= 0.3 is 0 Å². The van der Waals surface area contributed by atoms with E-state index in [1.807, 2.05) is 6.92 Å². The maximum absolute atomic E-state index is 11.2. The Morgan fingerprint density at radius 3 is 2.93 bits per heavy atom. The Hall–Kier alpha value is -1.26. The van der Waals surface area contributed by atoms with Crippen molar-refractivity contribution in [3.63, 3.8) is 0 Å². The van der Waals surface area contributed by atoms with Crippen LogP contribution in [0, 0.1) is 0 Å². The molecule has 0 fully saturated rings. The van der Waals surface area contributed by atoms with E-state index in [1.54, 1.807) is 6.07 Å². The van der Waals surface area contributed by atoms with E-state index in [4.69, 9.17) is 21.4 Å². The van der Waals surface area contributed by atoms with Crippen molar-refractivity contribution in [3.8, 4) is 5.75 Å². The van der Waals surface area contributed by atoms with Crippen molar-refractivity contribution in [2.24, 2.45) is 0 Å². The minimum atomic E-state index is -0.251. The van der Waals surface area contributed by atoms with Gasteiger partial charge in [0, 0.05) is 12.3 Å². The van der Waals surface area contributed by atoms with Gasteiger partial charge in [0.2, 0.25) is 5.91 Å². The first-order valence-electron chi connectivity index (χ1n) is 4.49. The van der Waals surface area contributed by atoms with Crippen LogP contribution in [0.1, 0.15) is 6.92 Å². The molecule has 0 unspecified atom stereocenters. The highest BCUT2D eigenvalue weighted by atomic mass is 35.5. The fraction of sp³-hybridized carbons (Fsp3) is 0.300. The lowest BCUT2D eigenvalue weighted by Gasteiger charge is -2.06. The van der Waals surface area contributed by atoms with E-state index in [1.165, 1.54) is 12.1 Å². The maximum Gasteiger partial charge on any atom is 0.250 e. The number of halogens is 1. The zero-order valence-electron chi connectivity index (χ0n) is 8.29. The van der Waals surface area contributed by atoms with Crippen LogP contribution in [0.3, 0.4) is 0 Å². The third-order valence-electron chi connectivity index (χ3n) is 1.67. The number of hydrogen-bond acceptors (Lipinski definition) is 3. The largest absolute Gasteiger partial charge is 0.506 e. The van der Waals surface area contributed by atoms with Gasteiger partial charge in [0.05, 0.1) is 5.02 Å². The molecule has 1 rings (SSSR count). The molecule has 0 spiro atoms. The van der Waals surface area contributed by atoms with Crippen LogP contribution >= 0.6 is 11.6 Å². The zero-order valence-corrected chi connectivity index (χ0v) is 9.04. The van der Waals surface area contributed by atoms with Crippen LogP contribution in [-0.2, 0) is 9.53 Å². The lowest BCUT2D eigenvalue weighted by molar-refractivity contribution is -0.120. The molecule has 82 valence electrons. The van der Waals surface area contributed by atoms with E-state index >= 15 is 0 Å². The van der Waals surface area contributed by atoms with Gasteiger partial charge in [-0.25, -0.2) is 0 Å². The van der Waals surface area contributed by atoms with Gasteiger partial charge in [0.25, 0.3) is 0 Å². The number of carbonyl (C=O) groups excluding carboxylic acids is 1. The fourth-order valence-electron chi connectivity index (χ4n) is 0.976. The summed E-state index contributed by atoms with van der Waals surface area (Å²) >= 11 is 5.67. The predicted octanol–water partition coefficient (Wildman–Crippen LogP) is 2.02. The molecule has 0 saturated carbocycles. The number of ether oxygens (including phenoxy) is 1. The first-order valence-corrected chi connectivity index (χ1v) is 4.87. The molecule has 1 amide bonds. The zero-order chi connectivity index (χ0) is 11.3. The van der Waals surface area contributed by atoms with Crippen LogP contribution in [0.5, 0.6) is 5.75 Å². The van der Waals surface area contributed by atoms with Gasteiger partial charge < -0.3 is 15.2 Å². The normalized spacial score (nSPS) is 10.0. The van der Waals surface area contributed by atoms with Gasteiger partial charge in [-0.1, -0.05) is 11.6 Å². The van der Waals surface area contributed by atoms with Crippen LogP contribution in [0.2, 0.25) is 5.02 Å². The highest BCUT2D eigenvalue weighted by Gasteiger charge is 2.04. The van der Waals surface area contributed by atoms with E-state index in [-0.39, 0.29) is 23.3 Å². The number of benzene rings is 1. The third-order valence-corrected chi connectivity index (χ3v) is 1.97. The number of hydrogen-bond donors (Lipinski definition) is 2. The number of aromatic hydroxyl groups is 1. The molecule has 0 bridgehead atoms. The summed E-state index contributed by atoms with van der Waals surface area (Å²) in [4.78, 5) is 11.2. The SMILES string of the molecule is CCOCC(=O)Nc1ccc(O)c(Cl)c1. The van der Waals surface area contributed by atoms with Crippen molar-refractivity contribution in [1.29, 1.82) is 0 Å². The second kappa shape index (κ2) is 5.58. The molecule has 1 aromatic carbocycles. The molecule has 0 aliphatic heterocycles. The molecule has 2 N–H and O–H groups in total. The van der Waals surface area contributed by atoms with E-state index in [0.29, 0.717) is 12.3 Å². The first kappa shape index (κ1) is 11.8. The van der Waals surface area contributed by atoms with Gasteiger partial charge in [0.15, 0.2) is 0 Å². The van der Waals surface area contributed by atoms with Crippen molar-refractivity contribution in [2.75, 3.05) is 18.5 Å². The van der Waals surface area contributed by atoms with E-state index in [9.17, 15) is 4.79 Å². The number of anilines is 1. The van der Waals surface area contributed by atoms with E-state index < -0.39 is 0 Å². The van der Waals surface area contributed by atoms with Gasteiger partial charge in [-0.15, -0.1) is 0 Å². The minimum Gasteiger partial charge on any atom is -0.506 e. The summed E-state index contributed by atoms with van der Waals surface area (Å²) in [6.45, 7) is 2.31. The molecular formula is C10H12ClNO3. The first-order chi connectivity index (χ1) is 7.13. The fourth-order valence-corrected chi connectivity index (χ4v) is 1.16. The number of phenolic OH excluding ortho intramolecular Hbond substituents is 1. The Morgan fingerprint density at radius 2 is 2.33 bits per heavy atom.